The van der Waals surface area contributed by atoms with Gasteiger partial charge in [-0.3, -0.25) is 0 Å². The molecule has 4 rings (SSSR count). The summed E-state index contributed by atoms with van der Waals surface area (Å²) >= 11 is 0. The van der Waals surface area contributed by atoms with Crippen LogP contribution in [0.25, 0.3) is 33.0 Å². The summed E-state index contributed by atoms with van der Waals surface area (Å²) in [5.74, 6) is 1.73. The maximum atomic E-state index is 5.36. The van der Waals surface area contributed by atoms with Crippen LogP contribution in [0.1, 0.15) is 11.1 Å². The highest BCUT2D eigenvalue weighted by atomic mass is 16.5. The Bertz CT molecular complexity index is 1030. The molecule has 4 aromatic rings. The zero-order chi connectivity index (χ0) is 19.7. The summed E-state index contributed by atoms with van der Waals surface area (Å²) < 4.78 is 10.7. The molecule has 0 unspecified atom stereocenters. The fourth-order valence-electron chi connectivity index (χ4n) is 4.02. The number of aryl methyl sites for hydroxylation is 2. The van der Waals surface area contributed by atoms with E-state index >= 15 is 0 Å². The average Bonchev–Trinajstić information content (AvgIpc) is 2.76. The maximum absolute atomic E-state index is 5.36. The van der Waals surface area contributed by atoms with Crippen molar-refractivity contribution in [3.63, 3.8) is 0 Å². The van der Waals surface area contributed by atoms with Gasteiger partial charge in [0.2, 0.25) is 0 Å². The Hall–Kier alpha value is -3.26. The largest absolute Gasteiger partial charge is 0.497 e. The number of benzene rings is 4. The standard InChI is InChI=1S/C26H24O2/c1-17-23-7-5-6-8-24(23)18(2)26(20-11-15-22(28-4)16-12-20)25(17)19-9-13-21(27-3)14-10-19/h5-16H,1-4H3. The molecule has 140 valence electrons. The van der Waals surface area contributed by atoms with E-state index in [2.05, 4.69) is 62.4 Å². The summed E-state index contributed by atoms with van der Waals surface area (Å²) in [7, 11) is 3.40. The van der Waals surface area contributed by atoms with Gasteiger partial charge in [-0.1, -0.05) is 48.5 Å². The Morgan fingerprint density at radius 1 is 0.500 bits per heavy atom. The van der Waals surface area contributed by atoms with Crippen molar-refractivity contribution in [3.8, 4) is 33.8 Å². The molecular weight excluding hydrogens is 344 g/mol. The second-order valence-corrected chi connectivity index (χ2v) is 7.00. The van der Waals surface area contributed by atoms with Gasteiger partial charge in [-0.05, 0) is 82.3 Å². The third-order valence-corrected chi connectivity index (χ3v) is 5.49. The Balaban J connectivity index is 2.06. The lowest BCUT2D eigenvalue weighted by molar-refractivity contribution is 0.414. The molecule has 2 heteroatoms. The molecule has 0 atom stereocenters. The topological polar surface area (TPSA) is 18.5 Å². The summed E-state index contributed by atoms with van der Waals surface area (Å²) in [6, 6.07) is 25.3. The minimum atomic E-state index is 0.866. The Labute approximate surface area is 166 Å². The number of ether oxygens (including phenoxy) is 2. The van der Waals surface area contributed by atoms with Gasteiger partial charge in [0.15, 0.2) is 0 Å². The first kappa shape index (κ1) is 18.1. The molecule has 0 aliphatic rings. The fourth-order valence-corrected chi connectivity index (χ4v) is 4.02. The van der Waals surface area contributed by atoms with E-state index in [4.69, 9.17) is 9.47 Å². The normalized spacial score (nSPS) is 10.9. The number of fused-ring (bicyclic) bond motifs is 1. The highest BCUT2D eigenvalue weighted by Gasteiger charge is 2.17. The predicted molar refractivity (Wildman–Crippen MR) is 117 cm³/mol. The number of rotatable bonds is 4. The van der Waals surface area contributed by atoms with Gasteiger partial charge in [-0.25, -0.2) is 0 Å². The quantitative estimate of drug-likeness (QED) is 0.394. The lowest BCUT2D eigenvalue weighted by Gasteiger charge is -2.20. The molecule has 4 aromatic carbocycles. The fraction of sp³-hybridized carbons (Fsp3) is 0.154. The van der Waals surface area contributed by atoms with E-state index in [0.717, 1.165) is 11.5 Å². The van der Waals surface area contributed by atoms with Crippen LogP contribution in [0.15, 0.2) is 72.8 Å². The number of methoxy groups -OCH3 is 2. The summed E-state index contributed by atoms with van der Waals surface area (Å²) in [5.41, 5.74) is 7.50. The van der Waals surface area contributed by atoms with E-state index in [1.165, 1.54) is 44.2 Å². The highest BCUT2D eigenvalue weighted by molar-refractivity contribution is 6.02. The molecule has 28 heavy (non-hydrogen) atoms. The minimum Gasteiger partial charge on any atom is -0.497 e. The minimum absolute atomic E-state index is 0.866. The Morgan fingerprint density at radius 2 is 0.857 bits per heavy atom. The SMILES string of the molecule is COc1ccc(-c2c(-c3ccc(OC)cc3)c(C)c3ccccc3c2C)cc1. The van der Waals surface area contributed by atoms with E-state index < -0.39 is 0 Å². The van der Waals surface area contributed by atoms with Crippen molar-refractivity contribution in [1.82, 2.24) is 0 Å². The number of hydrogen-bond acceptors (Lipinski definition) is 2. The lowest BCUT2D eigenvalue weighted by Crippen LogP contribution is -1.96. The number of hydrogen-bond donors (Lipinski definition) is 0. The van der Waals surface area contributed by atoms with Crippen molar-refractivity contribution >= 4 is 10.8 Å². The molecule has 0 aliphatic heterocycles. The van der Waals surface area contributed by atoms with Crippen molar-refractivity contribution < 1.29 is 9.47 Å². The van der Waals surface area contributed by atoms with Crippen LogP contribution < -0.4 is 9.47 Å². The monoisotopic (exact) mass is 368 g/mol. The molecule has 0 aromatic heterocycles. The first-order chi connectivity index (χ1) is 13.6. The zero-order valence-electron chi connectivity index (χ0n) is 16.7. The molecule has 0 aliphatic carbocycles. The van der Waals surface area contributed by atoms with Crippen LogP contribution in [0.5, 0.6) is 11.5 Å². The van der Waals surface area contributed by atoms with Gasteiger partial charge in [-0.15, -0.1) is 0 Å². The Kier molecular flexibility index (Phi) is 4.79. The first-order valence-corrected chi connectivity index (χ1v) is 9.44. The van der Waals surface area contributed by atoms with Crippen molar-refractivity contribution in [2.75, 3.05) is 14.2 Å². The van der Waals surface area contributed by atoms with Crippen molar-refractivity contribution in [1.29, 1.82) is 0 Å². The molecule has 0 bridgehead atoms. The van der Waals surface area contributed by atoms with Gasteiger partial charge in [0.25, 0.3) is 0 Å². The summed E-state index contributed by atoms with van der Waals surface area (Å²) in [4.78, 5) is 0. The van der Waals surface area contributed by atoms with Gasteiger partial charge in [0, 0.05) is 0 Å². The van der Waals surface area contributed by atoms with E-state index in [9.17, 15) is 0 Å². The molecule has 0 fully saturated rings. The summed E-state index contributed by atoms with van der Waals surface area (Å²) in [5, 5.41) is 2.59. The van der Waals surface area contributed by atoms with Gasteiger partial charge in [0.1, 0.15) is 11.5 Å². The van der Waals surface area contributed by atoms with Crippen LogP contribution >= 0.6 is 0 Å². The zero-order valence-corrected chi connectivity index (χ0v) is 16.7. The molecule has 0 spiro atoms. The van der Waals surface area contributed by atoms with Crippen LogP contribution in [0.4, 0.5) is 0 Å². The van der Waals surface area contributed by atoms with Crippen LogP contribution in [0.2, 0.25) is 0 Å². The molecule has 0 saturated heterocycles. The maximum Gasteiger partial charge on any atom is 0.118 e. The molecule has 0 N–H and O–H groups in total. The highest BCUT2D eigenvalue weighted by Crippen LogP contribution is 2.42. The van der Waals surface area contributed by atoms with Gasteiger partial charge in [-0.2, -0.15) is 0 Å². The first-order valence-electron chi connectivity index (χ1n) is 9.44. The average molecular weight is 368 g/mol. The second kappa shape index (κ2) is 7.40. The Morgan fingerprint density at radius 3 is 1.18 bits per heavy atom. The van der Waals surface area contributed by atoms with Crippen LogP contribution in [0, 0.1) is 13.8 Å². The predicted octanol–water partition coefficient (Wildman–Crippen LogP) is 6.81. The van der Waals surface area contributed by atoms with Crippen molar-refractivity contribution in [3.05, 3.63) is 83.9 Å². The van der Waals surface area contributed by atoms with Gasteiger partial charge >= 0.3 is 0 Å². The van der Waals surface area contributed by atoms with E-state index in [1.807, 2.05) is 24.3 Å². The molecular formula is C26H24O2. The van der Waals surface area contributed by atoms with Crippen molar-refractivity contribution in [2.45, 2.75) is 13.8 Å². The van der Waals surface area contributed by atoms with Crippen LogP contribution in [-0.2, 0) is 0 Å². The molecule has 0 heterocycles. The van der Waals surface area contributed by atoms with E-state index in [1.54, 1.807) is 14.2 Å². The summed E-state index contributed by atoms with van der Waals surface area (Å²) in [6.07, 6.45) is 0. The van der Waals surface area contributed by atoms with Crippen molar-refractivity contribution in [2.24, 2.45) is 0 Å². The lowest BCUT2D eigenvalue weighted by atomic mass is 9.84. The molecule has 0 amide bonds. The molecule has 2 nitrogen and oxygen atoms in total. The molecule has 0 radical (unpaired) electrons. The summed E-state index contributed by atoms with van der Waals surface area (Å²) in [6.45, 7) is 4.43. The van der Waals surface area contributed by atoms with Crippen LogP contribution in [0.3, 0.4) is 0 Å². The van der Waals surface area contributed by atoms with E-state index in [-0.39, 0.29) is 0 Å². The smallest absolute Gasteiger partial charge is 0.118 e. The van der Waals surface area contributed by atoms with Gasteiger partial charge in [0.05, 0.1) is 14.2 Å². The van der Waals surface area contributed by atoms with Gasteiger partial charge < -0.3 is 9.47 Å². The third kappa shape index (κ3) is 3.01. The van der Waals surface area contributed by atoms with Crippen LogP contribution in [-0.4, -0.2) is 14.2 Å². The molecule has 0 saturated carbocycles. The second-order valence-electron chi connectivity index (χ2n) is 7.00. The van der Waals surface area contributed by atoms with E-state index in [0.29, 0.717) is 0 Å². The third-order valence-electron chi connectivity index (χ3n) is 5.49.